The lowest BCUT2D eigenvalue weighted by Crippen LogP contribution is -2.47. The van der Waals surface area contributed by atoms with Crippen molar-refractivity contribution in [1.29, 1.82) is 0 Å². The molecular weight excluding hydrogens is 356 g/mol. The van der Waals surface area contributed by atoms with Gasteiger partial charge in [0.05, 0.1) is 6.61 Å². The van der Waals surface area contributed by atoms with E-state index in [1.807, 2.05) is 25.7 Å². The van der Waals surface area contributed by atoms with Gasteiger partial charge in [0.1, 0.15) is 5.75 Å². The Kier molecular flexibility index (Phi) is 8.48. The Bertz CT molecular complexity index is 662. The molecular formula is C22H32N2O4. The van der Waals surface area contributed by atoms with E-state index in [2.05, 4.69) is 5.32 Å². The second-order valence-corrected chi connectivity index (χ2v) is 7.62. The highest BCUT2D eigenvalue weighted by Crippen LogP contribution is 2.16. The van der Waals surface area contributed by atoms with Crippen molar-refractivity contribution in [2.75, 3.05) is 19.7 Å². The van der Waals surface area contributed by atoms with E-state index in [0.29, 0.717) is 25.3 Å². The number of rotatable bonds is 9. The molecule has 1 aromatic rings. The van der Waals surface area contributed by atoms with Crippen molar-refractivity contribution in [3.63, 3.8) is 0 Å². The number of nitrogens with one attached hydrogen (secondary N) is 1. The molecule has 1 N–H and O–H groups in total. The predicted molar refractivity (Wildman–Crippen MR) is 108 cm³/mol. The van der Waals surface area contributed by atoms with Crippen molar-refractivity contribution >= 4 is 17.6 Å². The zero-order valence-corrected chi connectivity index (χ0v) is 17.2. The minimum Gasteiger partial charge on any atom is -0.494 e. The molecule has 1 aliphatic rings. The van der Waals surface area contributed by atoms with Crippen LogP contribution in [0.3, 0.4) is 0 Å². The summed E-state index contributed by atoms with van der Waals surface area (Å²) in [5.74, 6) is 0.767. The van der Waals surface area contributed by atoms with Gasteiger partial charge in [-0.3, -0.25) is 14.4 Å². The summed E-state index contributed by atoms with van der Waals surface area (Å²) in [5.41, 5.74) is 0.595. The van der Waals surface area contributed by atoms with Gasteiger partial charge in [-0.05, 0) is 43.5 Å². The van der Waals surface area contributed by atoms with Crippen molar-refractivity contribution in [1.82, 2.24) is 10.2 Å². The number of carbonyl (C=O) groups excluding carboxylic acids is 3. The molecule has 0 radical (unpaired) electrons. The highest BCUT2D eigenvalue weighted by Gasteiger charge is 2.25. The maximum atomic E-state index is 12.3. The lowest BCUT2D eigenvalue weighted by atomic mass is 10.0. The number of hydrogen-bond donors (Lipinski definition) is 1. The number of likely N-dealkylation sites (tertiary alicyclic amines) is 1. The van der Waals surface area contributed by atoms with Crippen molar-refractivity contribution < 1.29 is 19.1 Å². The molecule has 0 saturated carbocycles. The van der Waals surface area contributed by atoms with E-state index in [4.69, 9.17) is 4.74 Å². The van der Waals surface area contributed by atoms with Crippen LogP contribution < -0.4 is 10.1 Å². The van der Waals surface area contributed by atoms with Crippen LogP contribution in [0.2, 0.25) is 0 Å². The Balaban J connectivity index is 1.71. The second kappa shape index (κ2) is 10.8. The second-order valence-electron chi connectivity index (χ2n) is 7.62. The van der Waals surface area contributed by atoms with E-state index in [1.165, 1.54) is 0 Å². The number of amides is 2. The summed E-state index contributed by atoms with van der Waals surface area (Å²) in [5, 5.41) is 3.00. The smallest absolute Gasteiger partial charge is 0.225 e. The number of Topliss-reactive ketones (excluding diaryl/α,β-unsaturated/α-hetero) is 1. The van der Waals surface area contributed by atoms with E-state index in [1.54, 1.807) is 24.3 Å². The molecule has 0 spiro atoms. The minimum absolute atomic E-state index is 0.00410. The first kappa shape index (κ1) is 21.9. The number of nitrogens with zero attached hydrogens (tertiary/aromatic N) is 1. The lowest BCUT2D eigenvalue weighted by molar-refractivity contribution is -0.135. The van der Waals surface area contributed by atoms with E-state index in [0.717, 1.165) is 25.0 Å². The van der Waals surface area contributed by atoms with Crippen LogP contribution in [0.15, 0.2) is 24.3 Å². The van der Waals surface area contributed by atoms with Gasteiger partial charge in [0.2, 0.25) is 11.8 Å². The van der Waals surface area contributed by atoms with Crippen LogP contribution in [0, 0.1) is 5.92 Å². The molecule has 2 rings (SSSR count). The molecule has 1 aromatic carbocycles. The van der Waals surface area contributed by atoms with Gasteiger partial charge in [-0.25, -0.2) is 0 Å². The first-order valence-corrected chi connectivity index (χ1v) is 10.2. The first-order valence-electron chi connectivity index (χ1n) is 10.2. The largest absolute Gasteiger partial charge is 0.494 e. The van der Waals surface area contributed by atoms with Gasteiger partial charge in [-0.2, -0.15) is 0 Å². The molecule has 154 valence electrons. The molecule has 1 heterocycles. The van der Waals surface area contributed by atoms with Gasteiger partial charge in [-0.1, -0.05) is 20.8 Å². The van der Waals surface area contributed by atoms with Gasteiger partial charge in [0, 0.05) is 43.5 Å². The molecule has 2 amide bonds. The van der Waals surface area contributed by atoms with E-state index in [9.17, 15) is 14.4 Å². The van der Waals surface area contributed by atoms with Crippen molar-refractivity contribution in [3.05, 3.63) is 29.8 Å². The normalized spacial score (nSPS) is 14.8. The topological polar surface area (TPSA) is 75.7 Å². The molecule has 6 heteroatoms. The SMILES string of the molecule is CCCOc1ccc(C(=O)CCC(=O)NC2CCN(C(=O)C(C)C)CC2)cc1. The fourth-order valence-electron chi connectivity index (χ4n) is 3.24. The van der Waals surface area contributed by atoms with Crippen LogP contribution in [0.4, 0.5) is 0 Å². The minimum atomic E-state index is -0.107. The van der Waals surface area contributed by atoms with Crippen molar-refractivity contribution in [2.24, 2.45) is 5.92 Å². The molecule has 1 fully saturated rings. The van der Waals surface area contributed by atoms with Gasteiger partial charge >= 0.3 is 0 Å². The zero-order valence-electron chi connectivity index (χ0n) is 17.2. The zero-order chi connectivity index (χ0) is 20.5. The fraction of sp³-hybridized carbons (Fsp3) is 0.591. The maximum Gasteiger partial charge on any atom is 0.225 e. The van der Waals surface area contributed by atoms with Crippen molar-refractivity contribution in [3.8, 4) is 5.75 Å². The van der Waals surface area contributed by atoms with Crippen LogP contribution in [0.5, 0.6) is 5.75 Å². The molecule has 6 nitrogen and oxygen atoms in total. The summed E-state index contributed by atoms with van der Waals surface area (Å²) in [6.45, 7) is 7.84. The summed E-state index contributed by atoms with van der Waals surface area (Å²) in [4.78, 5) is 38.3. The Morgan fingerprint density at radius 2 is 1.75 bits per heavy atom. The number of ether oxygens (including phenoxy) is 1. The van der Waals surface area contributed by atoms with Crippen LogP contribution in [0.1, 0.15) is 63.2 Å². The van der Waals surface area contributed by atoms with Crippen LogP contribution in [-0.2, 0) is 9.59 Å². The number of hydrogen-bond acceptors (Lipinski definition) is 4. The van der Waals surface area contributed by atoms with Gasteiger partial charge < -0.3 is 15.0 Å². The average Bonchev–Trinajstić information content (AvgIpc) is 2.70. The van der Waals surface area contributed by atoms with E-state index in [-0.39, 0.29) is 42.4 Å². The van der Waals surface area contributed by atoms with Crippen LogP contribution in [0.25, 0.3) is 0 Å². The van der Waals surface area contributed by atoms with E-state index < -0.39 is 0 Å². The molecule has 0 aliphatic carbocycles. The number of ketones is 1. The average molecular weight is 389 g/mol. The highest BCUT2D eigenvalue weighted by atomic mass is 16.5. The molecule has 0 bridgehead atoms. The maximum absolute atomic E-state index is 12.3. The summed E-state index contributed by atoms with van der Waals surface area (Å²) in [7, 11) is 0. The quantitative estimate of drug-likeness (QED) is 0.659. The molecule has 0 aromatic heterocycles. The number of benzene rings is 1. The Hall–Kier alpha value is -2.37. The molecule has 1 saturated heterocycles. The Labute approximate surface area is 167 Å². The summed E-state index contributed by atoms with van der Waals surface area (Å²) in [6, 6.07) is 7.14. The predicted octanol–water partition coefficient (Wildman–Crippen LogP) is 3.20. The lowest BCUT2D eigenvalue weighted by Gasteiger charge is -2.33. The summed E-state index contributed by atoms with van der Waals surface area (Å²) < 4.78 is 5.51. The highest BCUT2D eigenvalue weighted by molar-refractivity contribution is 5.98. The standard InChI is InChI=1S/C22H32N2O4/c1-4-15-28-19-7-5-17(6-8-19)20(25)9-10-21(26)23-18-11-13-24(14-12-18)22(27)16(2)3/h5-8,16,18H,4,9-15H2,1-3H3,(H,23,26). The van der Waals surface area contributed by atoms with Gasteiger partial charge in [0.15, 0.2) is 5.78 Å². The third-order valence-corrected chi connectivity index (χ3v) is 4.89. The van der Waals surface area contributed by atoms with Crippen molar-refractivity contribution in [2.45, 2.75) is 58.9 Å². The number of carbonyl (C=O) groups is 3. The molecule has 1 aliphatic heterocycles. The molecule has 0 unspecified atom stereocenters. The summed E-state index contributed by atoms with van der Waals surface area (Å²) in [6.07, 6.45) is 2.82. The fourth-order valence-corrected chi connectivity index (χ4v) is 3.24. The van der Waals surface area contributed by atoms with Crippen LogP contribution >= 0.6 is 0 Å². The number of piperidine rings is 1. The summed E-state index contributed by atoms with van der Waals surface area (Å²) >= 11 is 0. The van der Waals surface area contributed by atoms with E-state index >= 15 is 0 Å². The molecule has 0 atom stereocenters. The Morgan fingerprint density at radius 3 is 2.32 bits per heavy atom. The third kappa shape index (κ3) is 6.66. The van der Waals surface area contributed by atoms with Crippen LogP contribution in [-0.4, -0.2) is 48.2 Å². The molecule has 28 heavy (non-hydrogen) atoms. The third-order valence-electron chi connectivity index (χ3n) is 4.89. The van der Waals surface area contributed by atoms with Gasteiger partial charge in [0.25, 0.3) is 0 Å². The van der Waals surface area contributed by atoms with Gasteiger partial charge in [-0.15, -0.1) is 0 Å². The Morgan fingerprint density at radius 1 is 1.11 bits per heavy atom. The first-order chi connectivity index (χ1) is 13.4. The monoisotopic (exact) mass is 388 g/mol.